The van der Waals surface area contributed by atoms with E-state index in [0.29, 0.717) is 5.56 Å². The van der Waals surface area contributed by atoms with E-state index in [0.717, 1.165) is 56.9 Å². The van der Waals surface area contributed by atoms with Crippen LogP contribution in [-0.2, 0) is 14.3 Å². The van der Waals surface area contributed by atoms with Gasteiger partial charge >= 0.3 is 0 Å². The number of amides is 1. The second kappa shape index (κ2) is 14.8. The van der Waals surface area contributed by atoms with Crippen molar-refractivity contribution >= 4 is 11.7 Å². The number of carbonyl (C=O) groups is 2. The van der Waals surface area contributed by atoms with Crippen LogP contribution in [0.5, 0.6) is 5.75 Å². The van der Waals surface area contributed by atoms with Gasteiger partial charge in [0.05, 0.1) is 19.6 Å². The lowest BCUT2D eigenvalue weighted by atomic mass is 10.0. The zero-order valence-corrected chi connectivity index (χ0v) is 18.6. The largest absolute Gasteiger partial charge is 0.486 e. The third kappa shape index (κ3) is 10.3. The number of unbranched alkanes of at least 4 members (excludes halogenated alkanes) is 1. The highest BCUT2D eigenvalue weighted by Crippen LogP contribution is 2.26. The summed E-state index contributed by atoms with van der Waals surface area (Å²) in [5, 5.41) is 3.16. The van der Waals surface area contributed by atoms with E-state index in [-0.39, 0.29) is 12.5 Å². The third-order valence-electron chi connectivity index (χ3n) is 4.65. The van der Waals surface area contributed by atoms with Gasteiger partial charge in [0, 0.05) is 18.7 Å². The van der Waals surface area contributed by atoms with E-state index in [1.54, 1.807) is 12.1 Å². The van der Waals surface area contributed by atoms with E-state index < -0.39 is 11.7 Å². The Hall–Kier alpha value is -3.14. The summed E-state index contributed by atoms with van der Waals surface area (Å²) in [5.41, 5.74) is 6.80. The number of primary amides is 1. The number of hydrogen-bond acceptors (Lipinski definition) is 5. The molecule has 1 fully saturated rings. The monoisotopic (exact) mass is 436 g/mol. The molecule has 1 amide bonds. The number of hydrogen-bond donors (Lipinski definition) is 2. The summed E-state index contributed by atoms with van der Waals surface area (Å²) in [4.78, 5) is 22.1. The number of rotatable bonds is 8. The molecule has 170 valence electrons. The first-order chi connectivity index (χ1) is 15.6. The number of ether oxygens (including phenoxy) is 2. The van der Waals surface area contributed by atoms with Gasteiger partial charge in [0.1, 0.15) is 11.9 Å². The van der Waals surface area contributed by atoms with Crippen molar-refractivity contribution in [2.24, 2.45) is 5.73 Å². The van der Waals surface area contributed by atoms with E-state index in [4.69, 9.17) is 15.2 Å². The highest BCUT2D eigenvalue weighted by atomic mass is 16.5. The van der Waals surface area contributed by atoms with E-state index in [2.05, 4.69) is 36.2 Å². The standard InChI is InChI=1S/C22H23NO3.C4H9NO/c1-2-3-9-21(18-7-5-4-6-8-18)26-20-14-11-17(12-15-20)10-13-19(24)16-22(23)25;1-3-6-4-2-5-1/h4-8,11-12,14-15,21H,2-3,9,16H2,1H3,(H2,23,25);5H,1-4H2. The molecule has 1 aliphatic rings. The molecule has 32 heavy (non-hydrogen) atoms. The van der Waals surface area contributed by atoms with Gasteiger partial charge in [-0.15, -0.1) is 0 Å². The lowest BCUT2D eigenvalue weighted by Gasteiger charge is -2.19. The van der Waals surface area contributed by atoms with Gasteiger partial charge in [-0.1, -0.05) is 49.6 Å². The molecule has 1 saturated heterocycles. The first-order valence-electron chi connectivity index (χ1n) is 11.0. The second-order valence-corrected chi connectivity index (χ2v) is 7.36. The minimum atomic E-state index is -0.674. The molecule has 3 N–H and O–H groups in total. The molecule has 3 rings (SSSR count). The maximum absolute atomic E-state index is 11.4. The van der Waals surface area contributed by atoms with Gasteiger partial charge in [-0.3, -0.25) is 9.59 Å². The molecule has 6 heteroatoms. The topological polar surface area (TPSA) is 90.7 Å². The summed E-state index contributed by atoms with van der Waals surface area (Å²) >= 11 is 0. The highest BCUT2D eigenvalue weighted by molar-refractivity contribution is 6.06. The van der Waals surface area contributed by atoms with Gasteiger partial charge in [-0.25, -0.2) is 0 Å². The fraction of sp³-hybridized carbons (Fsp3) is 0.385. The number of nitrogens with one attached hydrogen (secondary N) is 1. The summed E-state index contributed by atoms with van der Waals surface area (Å²) in [7, 11) is 0. The Balaban J connectivity index is 0.000000520. The minimum absolute atomic E-state index is 0.00484. The van der Waals surface area contributed by atoms with Crippen molar-refractivity contribution in [3.8, 4) is 17.6 Å². The fourth-order valence-electron chi connectivity index (χ4n) is 2.99. The Morgan fingerprint density at radius 1 is 1.09 bits per heavy atom. The zero-order valence-electron chi connectivity index (χ0n) is 18.6. The highest BCUT2D eigenvalue weighted by Gasteiger charge is 2.12. The summed E-state index contributed by atoms with van der Waals surface area (Å²) in [6.07, 6.45) is 2.80. The molecule has 0 saturated carbocycles. The SMILES string of the molecule is C1COCCN1.CCCCC(Oc1ccc(C#CC(=O)CC(N)=O)cc1)c1ccccc1. The molecule has 2 aromatic carbocycles. The molecule has 1 atom stereocenters. The van der Waals surface area contributed by atoms with Gasteiger partial charge < -0.3 is 20.5 Å². The van der Waals surface area contributed by atoms with Crippen LogP contribution in [0.15, 0.2) is 54.6 Å². The second-order valence-electron chi connectivity index (χ2n) is 7.36. The van der Waals surface area contributed by atoms with Crippen LogP contribution in [0.4, 0.5) is 0 Å². The van der Waals surface area contributed by atoms with Crippen molar-refractivity contribution in [3.63, 3.8) is 0 Å². The molecule has 2 aromatic rings. The summed E-state index contributed by atoms with van der Waals surface area (Å²) < 4.78 is 11.2. The molecule has 0 spiro atoms. The summed E-state index contributed by atoms with van der Waals surface area (Å²) in [5.74, 6) is 4.74. The Morgan fingerprint density at radius 2 is 1.78 bits per heavy atom. The van der Waals surface area contributed by atoms with E-state index in [1.807, 2.05) is 30.3 Å². The molecule has 0 radical (unpaired) electrons. The van der Waals surface area contributed by atoms with Gasteiger partial charge in [0.2, 0.25) is 11.7 Å². The molecule has 1 heterocycles. The van der Waals surface area contributed by atoms with Crippen molar-refractivity contribution in [1.29, 1.82) is 0 Å². The predicted molar refractivity (Wildman–Crippen MR) is 125 cm³/mol. The van der Waals surface area contributed by atoms with Crippen molar-refractivity contribution in [2.45, 2.75) is 38.7 Å². The minimum Gasteiger partial charge on any atom is -0.486 e. The lowest BCUT2D eigenvalue weighted by Crippen LogP contribution is -2.30. The zero-order chi connectivity index (χ0) is 23.0. The van der Waals surface area contributed by atoms with Crippen molar-refractivity contribution < 1.29 is 19.1 Å². The molecule has 0 aliphatic carbocycles. The first kappa shape index (κ1) is 25.1. The van der Waals surface area contributed by atoms with Gasteiger partial charge in [-0.05, 0) is 48.6 Å². The number of benzene rings is 2. The smallest absolute Gasteiger partial charge is 0.225 e. The molecule has 6 nitrogen and oxygen atoms in total. The number of ketones is 1. The molecule has 0 aromatic heterocycles. The van der Waals surface area contributed by atoms with E-state index >= 15 is 0 Å². The number of morpholine rings is 1. The predicted octanol–water partition coefficient (Wildman–Crippen LogP) is 3.40. The molecular formula is C26H32N2O4. The van der Waals surface area contributed by atoms with Crippen LogP contribution in [0.2, 0.25) is 0 Å². The summed E-state index contributed by atoms with van der Waals surface area (Å²) in [6, 6.07) is 17.4. The maximum Gasteiger partial charge on any atom is 0.225 e. The van der Waals surface area contributed by atoms with Gasteiger partial charge in [-0.2, -0.15) is 0 Å². The lowest BCUT2D eigenvalue weighted by molar-refractivity contribution is -0.123. The average molecular weight is 437 g/mol. The quantitative estimate of drug-likeness (QED) is 0.489. The fourth-order valence-corrected chi connectivity index (χ4v) is 2.99. The van der Waals surface area contributed by atoms with Gasteiger partial charge in [0.15, 0.2) is 0 Å². The maximum atomic E-state index is 11.4. The third-order valence-corrected chi connectivity index (χ3v) is 4.65. The molecular weight excluding hydrogens is 404 g/mol. The number of Topliss-reactive ketones (excluding diaryl/α,β-unsaturated/α-hetero) is 1. The number of nitrogens with two attached hydrogens (primary N) is 1. The van der Waals surface area contributed by atoms with Crippen LogP contribution in [-0.4, -0.2) is 38.0 Å². The normalized spacial score (nSPS) is 13.5. The van der Waals surface area contributed by atoms with Crippen molar-refractivity contribution in [2.75, 3.05) is 26.3 Å². The van der Waals surface area contributed by atoms with Crippen molar-refractivity contribution in [3.05, 3.63) is 65.7 Å². The van der Waals surface area contributed by atoms with E-state index in [1.165, 1.54) is 0 Å². The molecule has 0 bridgehead atoms. The van der Waals surface area contributed by atoms with E-state index in [9.17, 15) is 9.59 Å². The van der Waals surface area contributed by atoms with Crippen LogP contribution < -0.4 is 15.8 Å². The van der Waals surface area contributed by atoms with Crippen molar-refractivity contribution in [1.82, 2.24) is 5.32 Å². The summed E-state index contributed by atoms with van der Waals surface area (Å²) in [6.45, 7) is 6.00. The Labute approximate surface area is 190 Å². The Bertz CT molecular complexity index is 870. The average Bonchev–Trinajstić information content (AvgIpc) is 2.83. The van der Waals surface area contributed by atoms with Crippen LogP contribution in [0, 0.1) is 11.8 Å². The van der Waals surface area contributed by atoms with Crippen LogP contribution in [0.1, 0.15) is 49.8 Å². The van der Waals surface area contributed by atoms with Crippen LogP contribution in [0.25, 0.3) is 0 Å². The Morgan fingerprint density at radius 3 is 2.31 bits per heavy atom. The first-order valence-corrected chi connectivity index (χ1v) is 11.0. The number of carbonyl (C=O) groups excluding carboxylic acids is 2. The Kier molecular flexibility index (Phi) is 11.6. The van der Waals surface area contributed by atoms with Crippen LogP contribution in [0.3, 0.4) is 0 Å². The molecule has 1 unspecified atom stereocenters. The molecule has 1 aliphatic heterocycles. The van der Waals surface area contributed by atoms with Gasteiger partial charge in [0.25, 0.3) is 0 Å². The van der Waals surface area contributed by atoms with Crippen LogP contribution >= 0.6 is 0 Å².